The molecule has 0 heterocycles. The second kappa shape index (κ2) is 15.5. The molecule has 0 fully saturated rings. The van der Waals surface area contributed by atoms with Gasteiger partial charge in [-0.05, 0) is 33.6 Å². The number of aliphatic hydroxyl groups is 4. The van der Waals surface area contributed by atoms with Crippen molar-refractivity contribution in [3.05, 3.63) is 36.5 Å². The van der Waals surface area contributed by atoms with E-state index in [-0.39, 0.29) is 19.8 Å². The number of phosphoric acid groups is 1. The van der Waals surface area contributed by atoms with Gasteiger partial charge in [-0.15, -0.1) is 19.7 Å². The first-order chi connectivity index (χ1) is 14.8. The normalized spacial score (nSPS) is 15.5. The van der Waals surface area contributed by atoms with Gasteiger partial charge in [0.25, 0.3) is 0 Å². The van der Waals surface area contributed by atoms with E-state index in [1.807, 2.05) is 0 Å². The third-order valence-corrected chi connectivity index (χ3v) is 5.51. The molecule has 0 aliphatic carbocycles. The quantitative estimate of drug-likeness (QED) is 0.130. The number of esters is 1. The molecule has 0 aromatic carbocycles. The summed E-state index contributed by atoms with van der Waals surface area (Å²) in [7, 11) is -4.12. The second-order valence-corrected chi connectivity index (χ2v) is 9.36. The van der Waals surface area contributed by atoms with Gasteiger partial charge in [0.05, 0.1) is 26.4 Å². The Morgan fingerprint density at radius 1 is 0.781 bits per heavy atom. The average Bonchev–Trinajstić information content (AvgIpc) is 2.69. The molecule has 0 radical (unpaired) electrons. The molecule has 0 saturated carbocycles. The van der Waals surface area contributed by atoms with Crippen LogP contribution in [-0.2, 0) is 27.7 Å². The van der Waals surface area contributed by atoms with E-state index in [0.717, 1.165) is 16.7 Å². The lowest BCUT2D eigenvalue weighted by molar-refractivity contribution is -0.170. The number of rotatable bonds is 18. The van der Waals surface area contributed by atoms with Gasteiger partial charge in [0.15, 0.2) is 6.10 Å². The van der Waals surface area contributed by atoms with Gasteiger partial charge in [-0.25, -0.2) is 9.36 Å². The molecule has 0 aromatic heterocycles. The van der Waals surface area contributed by atoms with Crippen molar-refractivity contribution in [2.45, 2.75) is 64.4 Å². The fraction of sp³-hybridized carbons (Fsp3) is 0.667. The van der Waals surface area contributed by atoms with Crippen molar-refractivity contribution in [2.75, 3.05) is 26.4 Å². The summed E-state index contributed by atoms with van der Waals surface area (Å²) < 4.78 is 33.0. The maximum Gasteiger partial charge on any atom is 0.474 e. The lowest BCUT2D eigenvalue weighted by atomic mass is 10.0. The molecule has 0 unspecified atom stereocenters. The molecule has 0 aromatic rings. The molecule has 10 nitrogen and oxygen atoms in total. The Labute approximate surface area is 189 Å². The molecule has 4 N–H and O–H groups in total. The van der Waals surface area contributed by atoms with Crippen LogP contribution in [0.5, 0.6) is 0 Å². The van der Waals surface area contributed by atoms with Gasteiger partial charge in [0.2, 0.25) is 0 Å². The van der Waals surface area contributed by atoms with Gasteiger partial charge >= 0.3 is 13.8 Å². The monoisotopic (exact) mass is 480 g/mol. The van der Waals surface area contributed by atoms with Gasteiger partial charge in [0.1, 0.15) is 18.3 Å². The van der Waals surface area contributed by atoms with Gasteiger partial charge in [0, 0.05) is 6.42 Å². The lowest BCUT2D eigenvalue weighted by Crippen LogP contribution is -2.49. The zero-order valence-electron chi connectivity index (χ0n) is 19.1. The van der Waals surface area contributed by atoms with E-state index in [9.17, 15) is 29.8 Å². The van der Waals surface area contributed by atoms with Crippen molar-refractivity contribution in [2.24, 2.45) is 0 Å². The van der Waals surface area contributed by atoms with Gasteiger partial charge in [-0.2, -0.15) is 0 Å². The highest BCUT2D eigenvalue weighted by Crippen LogP contribution is 2.50. The molecule has 0 spiro atoms. The van der Waals surface area contributed by atoms with Crippen LogP contribution >= 0.6 is 7.82 Å². The minimum Gasteiger partial charge on any atom is -0.463 e. The van der Waals surface area contributed by atoms with E-state index in [4.69, 9.17) is 18.3 Å². The number of aliphatic hydroxyl groups excluding tert-OH is 4. The van der Waals surface area contributed by atoms with Crippen molar-refractivity contribution in [1.82, 2.24) is 0 Å². The summed E-state index contributed by atoms with van der Waals surface area (Å²) in [4.78, 5) is 11.8. The van der Waals surface area contributed by atoms with Crippen LogP contribution in [0.25, 0.3) is 0 Å². The number of phosphoric ester groups is 1. The summed E-state index contributed by atoms with van der Waals surface area (Å²) in [5, 5.41) is 40.0. The minimum absolute atomic E-state index is 0.0182. The molecule has 32 heavy (non-hydrogen) atoms. The van der Waals surface area contributed by atoms with Crippen LogP contribution in [0.3, 0.4) is 0 Å². The summed E-state index contributed by atoms with van der Waals surface area (Å²) >= 11 is 0. The Hall–Kier alpha value is -1.36. The van der Waals surface area contributed by atoms with E-state index < -0.39 is 44.8 Å². The van der Waals surface area contributed by atoms with Crippen molar-refractivity contribution >= 4 is 13.8 Å². The summed E-state index contributed by atoms with van der Waals surface area (Å²) in [5.41, 5.74) is 2.31. The van der Waals surface area contributed by atoms with Crippen molar-refractivity contribution in [3.8, 4) is 0 Å². The van der Waals surface area contributed by atoms with E-state index in [2.05, 4.69) is 19.7 Å². The number of hydrogen-bond acceptors (Lipinski definition) is 10. The molecule has 0 bridgehead atoms. The van der Waals surface area contributed by atoms with E-state index >= 15 is 0 Å². The van der Waals surface area contributed by atoms with Gasteiger partial charge in [-0.3, -0.25) is 13.6 Å². The summed E-state index contributed by atoms with van der Waals surface area (Å²) in [6, 6.07) is 0. The first-order valence-electron chi connectivity index (χ1n) is 10.1. The molecule has 0 aliphatic rings. The maximum atomic E-state index is 12.8. The van der Waals surface area contributed by atoms with E-state index in [0.29, 0.717) is 19.3 Å². The topological polar surface area (TPSA) is 152 Å². The highest BCUT2D eigenvalue weighted by molar-refractivity contribution is 7.48. The molecular formula is C21H37O10P. The average molecular weight is 480 g/mol. The summed E-state index contributed by atoms with van der Waals surface area (Å²) in [5.74, 6) is -1.18. The molecule has 186 valence electrons. The minimum atomic E-state index is -4.12. The predicted molar refractivity (Wildman–Crippen MR) is 119 cm³/mol. The number of carbonyl (C=O) groups excluding carboxylic acids is 1. The Kier molecular flexibility index (Phi) is 14.8. The first-order valence-corrected chi connectivity index (χ1v) is 11.6. The standard InChI is InChI=1S/C21H37O10P/c1-14(2)7-10-28-21(26)20(25)19(24)18(23)17(22)13-31-32(27,29-11-8-15(3)4)30-12-9-16(5)6/h17-20,22-25H,1,3,5,7-13H2,2,4,6H3/t17-,18-,19+,20-/m1/s1. The summed E-state index contributed by atoms with van der Waals surface area (Å²) in [6.07, 6.45) is -6.90. The number of carbonyl (C=O) groups is 1. The van der Waals surface area contributed by atoms with Crippen LogP contribution in [0.4, 0.5) is 0 Å². The number of ether oxygens (including phenoxy) is 1. The van der Waals surface area contributed by atoms with Crippen LogP contribution in [0.15, 0.2) is 36.5 Å². The fourth-order valence-corrected chi connectivity index (χ4v) is 3.20. The fourth-order valence-electron chi connectivity index (χ4n) is 2.01. The zero-order valence-corrected chi connectivity index (χ0v) is 20.0. The van der Waals surface area contributed by atoms with Gasteiger partial charge in [-0.1, -0.05) is 16.7 Å². The molecule has 0 saturated heterocycles. The third-order valence-electron chi connectivity index (χ3n) is 4.04. The van der Waals surface area contributed by atoms with Crippen LogP contribution in [-0.4, -0.2) is 77.2 Å². The highest BCUT2D eigenvalue weighted by Gasteiger charge is 2.37. The van der Waals surface area contributed by atoms with Crippen LogP contribution < -0.4 is 0 Å². The van der Waals surface area contributed by atoms with Crippen molar-refractivity contribution in [1.29, 1.82) is 0 Å². The molecule has 0 aliphatic heterocycles. The van der Waals surface area contributed by atoms with Gasteiger partial charge < -0.3 is 25.2 Å². The SMILES string of the molecule is C=C(C)CCOC(=O)[C@H](O)[C@@H](O)[C@H](O)[C@H](O)COP(=O)(OCCC(=C)C)OCCC(=C)C. The Bertz CT molecular complexity index is 653. The van der Waals surface area contributed by atoms with Crippen LogP contribution in [0, 0.1) is 0 Å². The maximum absolute atomic E-state index is 12.8. The largest absolute Gasteiger partial charge is 0.474 e. The van der Waals surface area contributed by atoms with Crippen LogP contribution in [0.2, 0.25) is 0 Å². The molecule has 0 rings (SSSR count). The zero-order chi connectivity index (χ0) is 24.9. The Morgan fingerprint density at radius 2 is 1.22 bits per heavy atom. The van der Waals surface area contributed by atoms with E-state index in [1.165, 1.54) is 0 Å². The highest BCUT2D eigenvalue weighted by atomic mass is 31.2. The number of hydrogen-bond donors (Lipinski definition) is 4. The first kappa shape index (κ1) is 30.6. The summed E-state index contributed by atoms with van der Waals surface area (Å²) in [6.45, 7) is 15.4. The third kappa shape index (κ3) is 13.2. The van der Waals surface area contributed by atoms with Crippen molar-refractivity contribution < 1.29 is 48.1 Å². The van der Waals surface area contributed by atoms with Crippen LogP contribution in [0.1, 0.15) is 40.0 Å². The lowest BCUT2D eigenvalue weighted by Gasteiger charge is -2.26. The molecule has 4 atom stereocenters. The predicted octanol–water partition coefficient (Wildman–Crippen LogP) is 2.03. The Balaban J connectivity index is 4.86. The second-order valence-electron chi connectivity index (χ2n) is 7.69. The Morgan fingerprint density at radius 3 is 1.66 bits per heavy atom. The molecule has 0 amide bonds. The van der Waals surface area contributed by atoms with E-state index in [1.54, 1.807) is 20.8 Å². The molecule has 11 heteroatoms. The smallest absolute Gasteiger partial charge is 0.463 e. The van der Waals surface area contributed by atoms with Crippen molar-refractivity contribution in [3.63, 3.8) is 0 Å². The molecular weight excluding hydrogens is 443 g/mol.